The summed E-state index contributed by atoms with van der Waals surface area (Å²) in [4.78, 5) is 0. The molecule has 0 saturated carbocycles. The highest BCUT2D eigenvalue weighted by Crippen LogP contribution is 2.31. The van der Waals surface area contributed by atoms with Gasteiger partial charge in [0.2, 0.25) is 0 Å². The number of nitrogens with one attached hydrogen (secondary N) is 1. The summed E-state index contributed by atoms with van der Waals surface area (Å²) >= 11 is 10.0. The highest BCUT2D eigenvalue weighted by Gasteiger charge is 2.17. The van der Waals surface area contributed by atoms with Gasteiger partial charge >= 0.3 is 0 Å². The standard InChI is InChI=1S/C17H19BrClN/c1-4-20-17(13-6-5-7-14(18)10-13)15-8-11(2)12(3)9-16(15)19/h5-10,17,20H,4H2,1-3H3. The first-order valence-corrected chi connectivity index (χ1v) is 7.95. The molecule has 0 aliphatic heterocycles. The van der Waals surface area contributed by atoms with E-state index in [4.69, 9.17) is 11.6 Å². The van der Waals surface area contributed by atoms with Gasteiger partial charge in [-0.3, -0.25) is 0 Å². The van der Waals surface area contributed by atoms with Crippen LogP contribution in [-0.4, -0.2) is 6.54 Å². The Balaban J connectivity index is 2.51. The number of aryl methyl sites for hydroxylation is 2. The predicted molar refractivity (Wildman–Crippen MR) is 90.6 cm³/mol. The summed E-state index contributed by atoms with van der Waals surface area (Å²) in [5, 5.41) is 4.34. The molecule has 0 saturated heterocycles. The molecule has 2 aromatic rings. The van der Waals surface area contributed by atoms with Crippen molar-refractivity contribution in [3.63, 3.8) is 0 Å². The van der Waals surface area contributed by atoms with Gasteiger partial charge in [0.15, 0.2) is 0 Å². The van der Waals surface area contributed by atoms with Crippen LogP contribution < -0.4 is 5.32 Å². The van der Waals surface area contributed by atoms with Gasteiger partial charge in [-0.1, -0.05) is 52.7 Å². The third-order valence-corrected chi connectivity index (χ3v) is 4.33. The van der Waals surface area contributed by atoms with Crippen LogP contribution >= 0.6 is 27.5 Å². The van der Waals surface area contributed by atoms with Crippen LogP contribution in [0.15, 0.2) is 40.9 Å². The van der Waals surface area contributed by atoms with Gasteiger partial charge in [0.1, 0.15) is 0 Å². The monoisotopic (exact) mass is 351 g/mol. The summed E-state index contributed by atoms with van der Waals surface area (Å²) in [7, 11) is 0. The van der Waals surface area contributed by atoms with Crippen molar-refractivity contribution in [2.24, 2.45) is 0 Å². The Labute approximate surface area is 134 Å². The molecular formula is C17H19BrClN. The lowest BCUT2D eigenvalue weighted by molar-refractivity contribution is 0.630. The molecule has 0 aliphatic rings. The Morgan fingerprint density at radius 2 is 1.85 bits per heavy atom. The van der Waals surface area contributed by atoms with E-state index in [1.165, 1.54) is 16.7 Å². The average molecular weight is 353 g/mol. The van der Waals surface area contributed by atoms with E-state index in [2.05, 4.69) is 72.3 Å². The van der Waals surface area contributed by atoms with Crippen molar-refractivity contribution in [3.05, 3.63) is 68.1 Å². The second-order valence-electron chi connectivity index (χ2n) is 5.00. The summed E-state index contributed by atoms with van der Waals surface area (Å²) in [6, 6.07) is 12.7. The highest BCUT2D eigenvalue weighted by molar-refractivity contribution is 9.10. The quantitative estimate of drug-likeness (QED) is 0.775. The summed E-state index contributed by atoms with van der Waals surface area (Å²) < 4.78 is 1.08. The first kappa shape index (κ1) is 15.6. The van der Waals surface area contributed by atoms with Crippen LogP contribution in [0.3, 0.4) is 0 Å². The smallest absolute Gasteiger partial charge is 0.0591 e. The molecule has 1 unspecified atom stereocenters. The Bertz CT molecular complexity index is 610. The Morgan fingerprint density at radius 1 is 1.15 bits per heavy atom. The normalized spacial score (nSPS) is 12.4. The number of hydrogen-bond donors (Lipinski definition) is 1. The lowest BCUT2D eigenvalue weighted by Gasteiger charge is -2.21. The van der Waals surface area contributed by atoms with E-state index >= 15 is 0 Å². The van der Waals surface area contributed by atoms with Crippen molar-refractivity contribution < 1.29 is 0 Å². The van der Waals surface area contributed by atoms with E-state index in [0.717, 1.165) is 21.6 Å². The summed E-state index contributed by atoms with van der Waals surface area (Å²) in [5.74, 6) is 0. The second kappa shape index (κ2) is 6.75. The van der Waals surface area contributed by atoms with Crippen LogP contribution in [-0.2, 0) is 0 Å². The van der Waals surface area contributed by atoms with E-state index in [1.54, 1.807) is 0 Å². The molecule has 2 rings (SSSR count). The van der Waals surface area contributed by atoms with Crippen LogP contribution in [0.25, 0.3) is 0 Å². The highest BCUT2D eigenvalue weighted by atomic mass is 79.9. The summed E-state index contributed by atoms with van der Waals surface area (Å²) in [5.41, 5.74) is 4.84. The summed E-state index contributed by atoms with van der Waals surface area (Å²) in [6.45, 7) is 7.21. The fourth-order valence-electron chi connectivity index (χ4n) is 2.32. The number of rotatable bonds is 4. The van der Waals surface area contributed by atoms with Gasteiger partial charge in [0, 0.05) is 9.50 Å². The van der Waals surface area contributed by atoms with E-state index < -0.39 is 0 Å². The van der Waals surface area contributed by atoms with Gasteiger partial charge in [0.05, 0.1) is 6.04 Å². The van der Waals surface area contributed by atoms with Crippen molar-refractivity contribution in [3.8, 4) is 0 Å². The molecule has 0 amide bonds. The van der Waals surface area contributed by atoms with Crippen LogP contribution in [0, 0.1) is 13.8 Å². The minimum absolute atomic E-state index is 0.115. The van der Waals surface area contributed by atoms with Crippen LogP contribution in [0.1, 0.15) is 35.2 Å². The third kappa shape index (κ3) is 3.43. The molecule has 0 aliphatic carbocycles. The molecule has 0 fully saturated rings. The zero-order valence-corrected chi connectivity index (χ0v) is 14.3. The van der Waals surface area contributed by atoms with Crippen LogP contribution in [0.2, 0.25) is 5.02 Å². The van der Waals surface area contributed by atoms with Gasteiger partial charge in [-0.15, -0.1) is 0 Å². The molecule has 20 heavy (non-hydrogen) atoms. The zero-order valence-electron chi connectivity index (χ0n) is 12.0. The summed E-state index contributed by atoms with van der Waals surface area (Å²) in [6.07, 6.45) is 0. The van der Waals surface area contributed by atoms with Gasteiger partial charge in [-0.05, 0) is 60.8 Å². The number of halogens is 2. The lowest BCUT2D eigenvalue weighted by atomic mass is 9.95. The Morgan fingerprint density at radius 3 is 2.50 bits per heavy atom. The van der Waals surface area contributed by atoms with Gasteiger partial charge in [0.25, 0.3) is 0 Å². The van der Waals surface area contributed by atoms with Crippen LogP contribution in [0.5, 0.6) is 0 Å². The maximum Gasteiger partial charge on any atom is 0.0591 e. The van der Waals surface area contributed by atoms with Crippen LogP contribution in [0.4, 0.5) is 0 Å². The van der Waals surface area contributed by atoms with E-state index in [-0.39, 0.29) is 6.04 Å². The van der Waals surface area contributed by atoms with E-state index in [9.17, 15) is 0 Å². The van der Waals surface area contributed by atoms with Crippen molar-refractivity contribution in [1.29, 1.82) is 0 Å². The molecule has 3 heteroatoms. The second-order valence-corrected chi connectivity index (χ2v) is 6.33. The number of hydrogen-bond acceptors (Lipinski definition) is 1. The molecule has 2 aromatic carbocycles. The van der Waals surface area contributed by atoms with E-state index in [0.29, 0.717) is 0 Å². The molecule has 106 valence electrons. The topological polar surface area (TPSA) is 12.0 Å². The molecule has 1 N–H and O–H groups in total. The minimum Gasteiger partial charge on any atom is -0.306 e. The molecule has 0 spiro atoms. The molecule has 1 nitrogen and oxygen atoms in total. The molecule has 0 aromatic heterocycles. The predicted octanol–water partition coefficient (Wildman–Crippen LogP) is 5.42. The van der Waals surface area contributed by atoms with Gasteiger partial charge in [-0.2, -0.15) is 0 Å². The molecular weight excluding hydrogens is 334 g/mol. The maximum absolute atomic E-state index is 6.47. The zero-order chi connectivity index (χ0) is 14.7. The SMILES string of the molecule is CCNC(c1cccc(Br)c1)c1cc(C)c(C)cc1Cl. The first-order valence-electron chi connectivity index (χ1n) is 6.78. The molecule has 0 radical (unpaired) electrons. The fourth-order valence-corrected chi connectivity index (χ4v) is 3.07. The van der Waals surface area contributed by atoms with Crippen molar-refractivity contribution in [1.82, 2.24) is 5.32 Å². The third-order valence-electron chi connectivity index (χ3n) is 3.51. The molecule has 0 bridgehead atoms. The molecule has 0 heterocycles. The van der Waals surface area contributed by atoms with Gasteiger partial charge < -0.3 is 5.32 Å². The van der Waals surface area contributed by atoms with E-state index in [1.807, 2.05) is 6.07 Å². The maximum atomic E-state index is 6.47. The Hall–Kier alpha value is -0.830. The molecule has 1 atom stereocenters. The van der Waals surface area contributed by atoms with Gasteiger partial charge in [-0.25, -0.2) is 0 Å². The lowest BCUT2D eigenvalue weighted by Crippen LogP contribution is -2.22. The first-order chi connectivity index (χ1) is 9.52. The average Bonchev–Trinajstić information content (AvgIpc) is 2.40. The fraction of sp³-hybridized carbons (Fsp3) is 0.294. The Kier molecular flexibility index (Phi) is 5.25. The minimum atomic E-state index is 0.115. The van der Waals surface area contributed by atoms with Crippen molar-refractivity contribution in [2.75, 3.05) is 6.54 Å². The van der Waals surface area contributed by atoms with Crippen molar-refractivity contribution >= 4 is 27.5 Å². The van der Waals surface area contributed by atoms with Crippen molar-refractivity contribution in [2.45, 2.75) is 26.8 Å². The number of benzene rings is 2. The largest absolute Gasteiger partial charge is 0.306 e.